The Bertz CT molecular complexity index is 182. The molecule has 0 aromatic rings. The van der Waals surface area contributed by atoms with Crippen molar-refractivity contribution in [2.45, 2.75) is 77.7 Å². The molecule has 1 aliphatic heterocycles. The second-order valence-electron chi connectivity index (χ2n) is 5.76. The lowest BCUT2D eigenvalue weighted by molar-refractivity contribution is 0.190. The first-order chi connectivity index (χ1) is 8.88. The van der Waals surface area contributed by atoms with Crippen molar-refractivity contribution in [2.75, 3.05) is 26.2 Å². The van der Waals surface area contributed by atoms with Crippen molar-refractivity contribution in [3.63, 3.8) is 0 Å². The lowest BCUT2D eigenvalue weighted by Crippen LogP contribution is -2.35. The fraction of sp³-hybridized carbons (Fsp3) is 1.00. The van der Waals surface area contributed by atoms with Gasteiger partial charge in [-0.2, -0.15) is 0 Å². The van der Waals surface area contributed by atoms with Crippen LogP contribution in [0.3, 0.4) is 0 Å². The quantitative estimate of drug-likeness (QED) is 0.629. The molecule has 1 rings (SSSR count). The Morgan fingerprint density at radius 3 is 2.67 bits per heavy atom. The van der Waals surface area contributed by atoms with Crippen LogP contribution < -0.4 is 5.32 Å². The molecule has 1 aliphatic rings. The SMILES string of the molecule is CCCNCCCCCN1CCCCCC1CC. The van der Waals surface area contributed by atoms with Gasteiger partial charge in [-0.3, -0.25) is 0 Å². The van der Waals surface area contributed by atoms with Gasteiger partial charge in [0.25, 0.3) is 0 Å². The molecule has 0 radical (unpaired) electrons. The second kappa shape index (κ2) is 10.8. The van der Waals surface area contributed by atoms with Crippen molar-refractivity contribution in [1.29, 1.82) is 0 Å². The first-order valence-corrected chi connectivity index (χ1v) is 8.33. The Hall–Kier alpha value is -0.0800. The van der Waals surface area contributed by atoms with Crippen LogP contribution in [0.4, 0.5) is 0 Å². The summed E-state index contributed by atoms with van der Waals surface area (Å²) >= 11 is 0. The lowest BCUT2D eigenvalue weighted by atomic mass is 10.1. The van der Waals surface area contributed by atoms with Gasteiger partial charge < -0.3 is 10.2 Å². The maximum Gasteiger partial charge on any atom is 0.00926 e. The summed E-state index contributed by atoms with van der Waals surface area (Å²) in [5.41, 5.74) is 0. The van der Waals surface area contributed by atoms with Crippen LogP contribution in [0, 0.1) is 0 Å². The van der Waals surface area contributed by atoms with Crippen LogP contribution in [0.2, 0.25) is 0 Å². The summed E-state index contributed by atoms with van der Waals surface area (Å²) < 4.78 is 0. The van der Waals surface area contributed by atoms with Crippen molar-refractivity contribution >= 4 is 0 Å². The number of hydrogen-bond acceptors (Lipinski definition) is 2. The third-order valence-corrected chi connectivity index (χ3v) is 4.20. The van der Waals surface area contributed by atoms with E-state index in [4.69, 9.17) is 0 Å². The standard InChI is InChI=1S/C16H34N2/c1-3-12-17-13-8-6-10-15-18-14-9-5-7-11-16(18)4-2/h16-17H,3-15H2,1-2H3. The molecular formula is C16H34N2. The Labute approximate surface area is 115 Å². The molecule has 0 amide bonds. The van der Waals surface area contributed by atoms with Crippen LogP contribution in [0.15, 0.2) is 0 Å². The molecule has 1 heterocycles. The Morgan fingerprint density at radius 2 is 1.89 bits per heavy atom. The number of nitrogens with one attached hydrogen (secondary N) is 1. The Balaban J connectivity index is 2.05. The lowest BCUT2D eigenvalue weighted by Gasteiger charge is -2.29. The van der Waals surface area contributed by atoms with E-state index >= 15 is 0 Å². The second-order valence-corrected chi connectivity index (χ2v) is 5.76. The molecular weight excluding hydrogens is 220 g/mol. The van der Waals surface area contributed by atoms with Gasteiger partial charge in [0.05, 0.1) is 0 Å². The van der Waals surface area contributed by atoms with Crippen molar-refractivity contribution < 1.29 is 0 Å². The summed E-state index contributed by atoms with van der Waals surface area (Å²) in [7, 11) is 0. The zero-order valence-corrected chi connectivity index (χ0v) is 12.7. The average molecular weight is 254 g/mol. The molecule has 0 aliphatic carbocycles. The number of hydrogen-bond donors (Lipinski definition) is 1. The van der Waals surface area contributed by atoms with Crippen LogP contribution in [-0.4, -0.2) is 37.1 Å². The summed E-state index contributed by atoms with van der Waals surface area (Å²) in [5.74, 6) is 0. The molecule has 108 valence electrons. The van der Waals surface area contributed by atoms with Crippen molar-refractivity contribution in [1.82, 2.24) is 10.2 Å². The minimum Gasteiger partial charge on any atom is -0.317 e. The molecule has 0 aromatic heterocycles. The molecule has 0 bridgehead atoms. The van der Waals surface area contributed by atoms with Gasteiger partial charge in [-0.1, -0.05) is 33.1 Å². The molecule has 0 saturated carbocycles. The maximum absolute atomic E-state index is 3.49. The highest BCUT2D eigenvalue weighted by Crippen LogP contribution is 2.19. The third-order valence-electron chi connectivity index (χ3n) is 4.20. The predicted octanol–water partition coefficient (Wildman–Crippen LogP) is 3.81. The Morgan fingerprint density at radius 1 is 1.00 bits per heavy atom. The summed E-state index contributed by atoms with van der Waals surface area (Å²) in [6.07, 6.45) is 12.5. The molecule has 2 nitrogen and oxygen atoms in total. The summed E-state index contributed by atoms with van der Waals surface area (Å²) in [5, 5.41) is 3.49. The third kappa shape index (κ3) is 6.75. The molecule has 1 atom stereocenters. The molecule has 0 spiro atoms. The van der Waals surface area contributed by atoms with E-state index in [2.05, 4.69) is 24.1 Å². The fourth-order valence-electron chi connectivity index (χ4n) is 3.04. The molecule has 2 heteroatoms. The van der Waals surface area contributed by atoms with Crippen LogP contribution in [0.25, 0.3) is 0 Å². The molecule has 0 aromatic carbocycles. The van der Waals surface area contributed by atoms with E-state index < -0.39 is 0 Å². The fourth-order valence-corrected chi connectivity index (χ4v) is 3.04. The minimum atomic E-state index is 0.880. The van der Waals surface area contributed by atoms with Crippen molar-refractivity contribution in [3.05, 3.63) is 0 Å². The highest BCUT2D eigenvalue weighted by molar-refractivity contribution is 4.74. The number of likely N-dealkylation sites (tertiary alicyclic amines) is 1. The van der Waals surface area contributed by atoms with E-state index in [1.54, 1.807) is 0 Å². The molecule has 1 unspecified atom stereocenters. The molecule has 1 N–H and O–H groups in total. The first-order valence-electron chi connectivity index (χ1n) is 8.33. The molecule has 1 fully saturated rings. The topological polar surface area (TPSA) is 15.3 Å². The summed E-state index contributed by atoms with van der Waals surface area (Å²) in [4.78, 5) is 2.77. The smallest absolute Gasteiger partial charge is 0.00926 e. The van der Waals surface area contributed by atoms with E-state index in [9.17, 15) is 0 Å². The maximum atomic E-state index is 3.49. The summed E-state index contributed by atoms with van der Waals surface area (Å²) in [6, 6.07) is 0.880. The van der Waals surface area contributed by atoms with E-state index in [0.29, 0.717) is 0 Å². The van der Waals surface area contributed by atoms with Gasteiger partial charge in [0.1, 0.15) is 0 Å². The van der Waals surface area contributed by atoms with Crippen molar-refractivity contribution in [3.8, 4) is 0 Å². The largest absolute Gasteiger partial charge is 0.317 e. The van der Waals surface area contributed by atoms with Crippen LogP contribution in [-0.2, 0) is 0 Å². The molecule has 18 heavy (non-hydrogen) atoms. The highest BCUT2D eigenvalue weighted by Gasteiger charge is 2.18. The normalized spacial score (nSPS) is 22.0. The van der Waals surface area contributed by atoms with E-state index in [0.717, 1.165) is 6.04 Å². The first kappa shape index (κ1) is 16.0. The average Bonchev–Trinajstić information content (AvgIpc) is 2.62. The van der Waals surface area contributed by atoms with E-state index in [1.807, 2.05) is 0 Å². The zero-order valence-electron chi connectivity index (χ0n) is 12.7. The van der Waals surface area contributed by atoms with Gasteiger partial charge in [-0.15, -0.1) is 0 Å². The van der Waals surface area contributed by atoms with Gasteiger partial charge in [0.2, 0.25) is 0 Å². The molecule has 1 saturated heterocycles. The number of rotatable bonds is 9. The number of nitrogens with zero attached hydrogens (tertiary/aromatic N) is 1. The summed E-state index contributed by atoms with van der Waals surface area (Å²) in [6.45, 7) is 9.68. The van der Waals surface area contributed by atoms with Gasteiger partial charge in [0.15, 0.2) is 0 Å². The van der Waals surface area contributed by atoms with Crippen molar-refractivity contribution in [2.24, 2.45) is 0 Å². The van der Waals surface area contributed by atoms with Gasteiger partial charge in [0, 0.05) is 6.04 Å². The Kier molecular flexibility index (Phi) is 9.59. The predicted molar refractivity (Wildman–Crippen MR) is 81.1 cm³/mol. The van der Waals surface area contributed by atoms with Crippen LogP contribution in [0.1, 0.15) is 71.6 Å². The van der Waals surface area contributed by atoms with E-state index in [-0.39, 0.29) is 0 Å². The highest BCUT2D eigenvalue weighted by atomic mass is 15.1. The zero-order chi connectivity index (χ0) is 13.1. The van der Waals surface area contributed by atoms with Crippen LogP contribution >= 0.6 is 0 Å². The number of unbranched alkanes of at least 4 members (excludes halogenated alkanes) is 2. The minimum absolute atomic E-state index is 0.880. The van der Waals surface area contributed by atoms with Gasteiger partial charge >= 0.3 is 0 Å². The monoisotopic (exact) mass is 254 g/mol. The van der Waals surface area contributed by atoms with E-state index in [1.165, 1.54) is 84.0 Å². The van der Waals surface area contributed by atoms with Gasteiger partial charge in [-0.05, 0) is 64.7 Å². The van der Waals surface area contributed by atoms with Crippen LogP contribution in [0.5, 0.6) is 0 Å². The van der Waals surface area contributed by atoms with Gasteiger partial charge in [-0.25, -0.2) is 0 Å².